The van der Waals surface area contributed by atoms with Gasteiger partial charge in [-0.05, 0) is 12.8 Å². The van der Waals surface area contributed by atoms with Crippen LogP contribution in [0.1, 0.15) is 39.5 Å². The van der Waals surface area contributed by atoms with Crippen molar-refractivity contribution < 1.29 is 52.8 Å². The smallest absolute Gasteiger partial charge is 0.394 e. The molecular formula is C18H39O11P. The van der Waals surface area contributed by atoms with Crippen molar-refractivity contribution >= 4 is 7.82 Å². The first-order valence-electron chi connectivity index (χ1n) is 10.4. The maximum absolute atomic E-state index is 12.7. The molecule has 0 fully saturated rings. The molecule has 12 heteroatoms. The first kappa shape index (κ1) is 29.8. The molecule has 0 aliphatic carbocycles. The van der Waals surface area contributed by atoms with Gasteiger partial charge in [-0.25, -0.2) is 4.57 Å². The Bertz CT molecular complexity index is 407. The largest absolute Gasteiger partial charge is 0.475 e. The minimum Gasteiger partial charge on any atom is -0.394 e. The minimum atomic E-state index is -3.91. The molecule has 3 unspecified atom stereocenters. The summed E-state index contributed by atoms with van der Waals surface area (Å²) in [6.45, 7) is 4.41. The van der Waals surface area contributed by atoms with Gasteiger partial charge in [0.25, 0.3) is 0 Å². The number of unbranched alkanes of at least 4 members (excludes halogenated alkanes) is 2. The predicted octanol–water partition coefficient (Wildman–Crippen LogP) is 0.827. The Kier molecular flexibility index (Phi) is 19.4. The summed E-state index contributed by atoms with van der Waals surface area (Å²) in [7, 11) is -3.91. The van der Waals surface area contributed by atoms with Crippen molar-refractivity contribution in [2.75, 3.05) is 59.5 Å². The topological polar surface area (TPSA) is 153 Å². The van der Waals surface area contributed by atoms with Gasteiger partial charge in [0.1, 0.15) is 12.2 Å². The Morgan fingerprint density at radius 1 is 0.733 bits per heavy atom. The Morgan fingerprint density at radius 2 is 1.20 bits per heavy atom. The van der Waals surface area contributed by atoms with Crippen molar-refractivity contribution in [2.45, 2.75) is 58.0 Å². The fraction of sp³-hybridized carbons (Fsp3) is 1.00. The second-order valence-corrected chi connectivity index (χ2v) is 8.05. The van der Waals surface area contributed by atoms with E-state index in [2.05, 4.69) is 0 Å². The number of ether oxygens (including phenoxy) is 3. The van der Waals surface area contributed by atoms with Crippen LogP contribution >= 0.6 is 7.82 Å². The predicted molar refractivity (Wildman–Crippen MR) is 108 cm³/mol. The number of aliphatic hydroxyl groups is 4. The van der Waals surface area contributed by atoms with Gasteiger partial charge in [0.2, 0.25) is 0 Å². The maximum atomic E-state index is 12.7. The Balaban J connectivity index is 4.33. The van der Waals surface area contributed by atoms with Gasteiger partial charge in [-0.1, -0.05) is 26.7 Å². The second kappa shape index (κ2) is 19.5. The zero-order valence-corrected chi connectivity index (χ0v) is 18.9. The highest BCUT2D eigenvalue weighted by Gasteiger charge is 2.28. The summed E-state index contributed by atoms with van der Waals surface area (Å²) in [4.78, 5) is 0. The molecule has 11 nitrogen and oxygen atoms in total. The van der Waals surface area contributed by atoms with Crippen LogP contribution in [0, 0.1) is 0 Å². The highest BCUT2D eigenvalue weighted by molar-refractivity contribution is 7.48. The average Bonchev–Trinajstić information content (AvgIpc) is 2.75. The summed E-state index contributed by atoms with van der Waals surface area (Å²) in [5.41, 5.74) is 0. The van der Waals surface area contributed by atoms with Crippen LogP contribution in [0.15, 0.2) is 0 Å². The van der Waals surface area contributed by atoms with Gasteiger partial charge < -0.3 is 34.6 Å². The van der Waals surface area contributed by atoms with E-state index in [1.54, 1.807) is 0 Å². The minimum absolute atomic E-state index is 0.00255. The summed E-state index contributed by atoms with van der Waals surface area (Å²) in [6.07, 6.45) is -1.18. The van der Waals surface area contributed by atoms with Gasteiger partial charge in [0.05, 0.1) is 46.2 Å². The molecule has 0 aromatic heterocycles. The van der Waals surface area contributed by atoms with E-state index in [9.17, 15) is 19.9 Å². The quantitative estimate of drug-likeness (QED) is 0.103. The number of rotatable bonds is 22. The molecule has 0 aromatic carbocycles. The number of aliphatic hydroxyl groups excluding tert-OH is 4. The highest BCUT2D eigenvalue weighted by atomic mass is 31.2. The molecule has 30 heavy (non-hydrogen) atoms. The molecule has 0 aliphatic heterocycles. The summed E-state index contributed by atoms with van der Waals surface area (Å²) >= 11 is 0. The van der Waals surface area contributed by atoms with E-state index in [1.807, 2.05) is 13.8 Å². The third-order valence-electron chi connectivity index (χ3n) is 3.73. The summed E-state index contributed by atoms with van der Waals surface area (Å²) < 4.78 is 43.9. The molecule has 0 saturated carbocycles. The third-order valence-corrected chi connectivity index (χ3v) is 5.23. The summed E-state index contributed by atoms with van der Waals surface area (Å²) in [5.74, 6) is 0. The van der Waals surface area contributed by atoms with Crippen LogP contribution in [0.3, 0.4) is 0 Å². The first-order valence-corrected chi connectivity index (χ1v) is 11.8. The molecule has 0 aliphatic rings. The Morgan fingerprint density at radius 3 is 1.63 bits per heavy atom. The molecule has 0 amide bonds. The Labute approximate surface area is 178 Å². The van der Waals surface area contributed by atoms with Crippen LogP contribution in [-0.2, 0) is 32.3 Å². The zero-order chi connectivity index (χ0) is 22.7. The molecule has 3 atom stereocenters. The van der Waals surface area contributed by atoms with Crippen LogP contribution in [-0.4, -0.2) is 98.4 Å². The molecule has 0 bridgehead atoms. The average molecular weight is 462 g/mol. The normalized spacial score (nSPS) is 15.3. The van der Waals surface area contributed by atoms with Crippen molar-refractivity contribution in [1.82, 2.24) is 0 Å². The highest BCUT2D eigenvalue weighted by Crippen LogP contribution is 2.49. The Hall–Kier alpha value is -0.170. The maximum Gasteiger partial charge on any atom is 0.475 e. The van der Waals surface area contributed by atoms with Crippen LogP contribution in [0.25, 0.3) is 0 Å². The van der Waals surface area contributed by atoms with E-state index < -0.39 is 32.9 Å². The lowest BCUT2D eigenvalue weighted by Gasteiger charge is -2.22. The number of hydrogen-bond donors (Lipinski definition) is 4. The van der Waals surface area contributed by atoms with Gasteiger partial charge >= 0.3 is 7.82 Å². The van der Waals surface area contributed by atoms with Crippen LogP contribution in [0.4, 0.5) is 0 Å². The molecule has 0 spiro atoms. The van der Waals surface area contributed by atoms with Crippen molar-refractivity contribution in [3.8, 4) is 0 Å². The fourth-order valence-corrected chi connectivity index (χ4v) is 3.06. The van der Waals surface area contributed by atoms with E-state index in [0.29, 0.717) is 13.2 Å². The van der Waals surface area contributed by atoms with Crippen molar-refractivity contribution in [1.29, 1.82) is 0 Å². The van der Waals surface area contributed by atoms with Crippen LogP contribution < -0.4 is 0 Å². The van der Waals surface area contributed by atoms with Gasteiger partial charge in [0.15, 0.2) is 6.29 Å². The third kappa shape index (κ3) is 15.6. The van der Waals surface area contributed by atoms with E-state index >= 15 is 0 Å². The molecule has 182 valence electrons. The zero-order valence-electron chi connectivity index (χ0n) is 18.0. The molecule has 0 radical (unpaired) electrons. The van der Waals surface area contributed by atoms with E-state index in [-0.39, 0.29) is 39.6 Å². The number of hydrogen-bond acceptors (Lipinski definition) is 11. The molecule has 0 aromatic rings. The monoisotopic (exact) mass is 462 g/mol. The van der Waals surface area contributed by atoms with Crippen LogP contribution in [0.2, 0.25) is 0 Å². The van der Waals surface area contributed by atoms with E-state index in [0.717, 1.165) is 25.7 Å². The van der Waals surface area contributed by atoms with Gasteiger partial charge in [0, 0.05) is 13.2 Å². The number of phosphoric ester groups is 1. The molecule has 0 rings (SSSR count). The van der Waals surface area contributed by atoms with E-state index in [4.69, 9.17) is 32.9 Å². The lowest BCUT2D eigenvalue weighted by atomic mass is 10.2. The lowest BCUT2D eigenvalue weighted by molar-refractivity contribution is -0.195. The number of phosphoric acid groups is 1. The first-order chi connectivity index (χ1) is 14.4. The van der Waals surface area contributed by atoms with Gasteiger partial charge in [-0.15, -0.1) is 0 Å². The second-order valence-electron chi connectivity index (χ2n) is 6.38. The lowest BCUT2D eigenvalue weighted by Crippen LogP contribution is -2.41. The SMILES string of the molecule is CCCCOCCOP(=O)(OCCOCCCC)OCCOC(O)C(O)C(O)CO. The summed E-state index contributed by atoms with van der Waals surface area (Å²) in [5, 5.41) is 37.1. The van der Waals surface area contributed by atoms with Crippen LogP contribution in [0.5, 0.6) is 0 Å². The van der Waals surface area contributed by atoms with Gasteiger partial charge in [-0.3, -0.25) is 13.6 Å². The fourth-order valence-electron chi connectivity index (χ4n) is 1.94. The van der Waals surface area contributed by atoms with Crippen molar-refractivity contribution in [2.24, 2.45) is 0 Å². The molecule has 0 saturated heterocycles. The summed E-state index contributed by atoms with van der Waals surface area (Å²) in [6, 6.07) is 0. The molecular weight excluding hydrogens is 423 g/mol. The van der Waals surface area contributed by atoms with Crippen molar-refractivity contribution in [3.05, 3.63) is 0 Å². The standard InChI is InChI=1S/C18H39O11P/c1-3-5-7-24-9-12-27-30(23,28-13-10-25-8-6-4-2)29-14-11-26-18(22)17(21)16(20)15-19/h16-22H,3-15H2,1-2H3. The molecule has 0 heterocycles. The van der Waals surface area contributed by atoms with Gasteiger partial charge in [-0.2, -0.15) is 0 Å². The molecule has 4 N–H and O–H groups in total. The van der Waals surface area contributed by atoms with Crippen molar-refractivity contribution in [3.63, 3.8) is 0 Å². The van der Waals surface area contributed by atoms with E-state index in [1.165, 1.54) is 0 Å².